The Morgan fingerprint density at radius 3 is 3.05 bits per heavy atom. The van der Waals surface area contributed by atoms with E-state index in [1.165, 1.54) is 11.3 Å². The van der Waals surface area contributed by atoms with E-state index in [9.17, 15) is 4.79 Å². The highest BCUT2D eigenvalue weighted by atomic mass is 32.1. The number of anilines is 1. The molecule has 0 bridgehead atoms. The van der Waals surface area contributed by atoms with Gasteiger partial charge in [0.25, 0.3) is 0 Å². The summed E-state index contributed by atoms with van der Waals surface area (Å²) in [6, 6.07) is -0.184. The molecular formula is C14H23N3O2S. The molecule has 0 aliphatic carbocycles. The van der Waals surface area contributed by atoms with Crippen molar-refractivity contribution in [1.82, 2.24) is 10.3 Å². The molecule has 2 heterocycles. The molecule has 5 nitrogen and oxygen atoms in total. The molecule has 0 unspecified atom stereocenters. The van der Waals surface area contributed by atoms with Crippen LogP contribution in [0.3, 0.4) is 0 Å². The first kappa shape index (κ1) is 15.3. The molecule has 1 aliphatic heterocycles. The van der Waals surface area contributed by atoms with E-state index in [1.54, 1.807) is 0 Å². The molecule has 112 valence electrons. The molecule has 6 heteroatoms. The average molecular weight is 297 g/mol. The smallest absolute Gasteiger partial charge is 0.321 e. The lowest BCUT2D eigenvalue weighted by Gasteiger charge is -2.22. The van der Waals surface area contributed by atoms with Crippen LogP contribution in [-0.2, 0) is 11.2 Å². The van der Waals surface area contributed by atoms with Gasteiger partial charge in [0.2, 0.25) is 0 Å². The number of hydrogen-bond acceptors (Lipinski definition) is 4. The van der Waals surface area contributed by atoms with Crippen LogP contribution in [0.1, 0.15) is 32.9 Å². The Morgan fingerprint density at radius 2 is 2.40 bits per heavy atom. The highest BCUT2D eigenvalue weighted by molar-refractivity contribution is 7.13. The molecule has 20 heavy (non-hydrogen) atoms. The molecule has 2 atom stereocenters. The van der Waals surface area contributed by atoms with E-state index < -0.39 is 0 Å². The van der Waals surface area contributed by atoms with Crippen molar-refractivity contribution in [3.8, 4) is 0 Å². The first-order chi connectivity index (χ1) is 9.60. The Morgan fingerprint density at radius 1 is 1.60 bits per heavy atom. The third kappa shape index (κ3) is 3.93. The number of aromatic nitrogens is 1. The average Bonchev–Trinajstić information content (AvgIpc) is 3.04. The third-order valence-corrected chi connectivity index (χ3v) is 4.39. The number of amides is 2. The monoisotopic (exact) mass is 297 g/mol. The molecule has 0 radical (unpaired) electrons. The number of aryl methyl sites for hydroxylation is 1. The van der Waals surface area contributed by atoms with Crippen molar-refractivity contribution in [3.63, 3.8) is 0 Å². The Kier molecular flexibility index (Phi) is 5.37. The maximum absolute atomic E-state index is 11.8. The van der Waals surface area contributed by atoms with E-state index in [1.807, 2.05) is 12.3 Å². The van der Waals surface area contributed by atoms with Crippen molar-refractivity contribution in [2.75, 3.05) is 18.5 Å². The quantitative estimate of drug-likeness (QED) is 0.878. The summed E-state index contributed by atoms with van der Waals surface area (Å²) < 4.78 is 5.71. The van der Waals surface area contributed by atoms with Gasteiger partial charge in [-0.1, -0.05) is 20.8 Å². The largest absolute Gasteiger partial charge is 0.378 e. The number of carbonyl (C=O) groups excluding carboxylic acids is 1. The zero-order valence-corrected chi connectivity index (χ0v) is 13.1. The van der Waals surface area contributed by atoms with Crippen molar-refractivity contribution in [2.24, 2.45) is 11.8 Å². The predicted octanol–water partition coefficient (Wildman–Crippen LogP) is 2.89. The van der Waals surface area contributed by atoms with Crippen LogP contribution in [0.25, 0.3) is 0 Å². The van der Waals surface area contributed by atoms with Crippen LogP contribution in [-0.4, -0.2) is 30.3 Å². The Bertz CT molecular complexity index is 447. The molecule has 0 saturated carbocycles. The topological polar surface area (TPSA) is 63.2 Å². The van der Waals surface area contributed by atoms with Gasteiger partial charge in [-0.25, -0.2) is 9.78 Å². The molecule has 1 aromatic heterocycles. The molecule has 1 saturated heterocycles. The van der Waals surface area contributed by atoms with Gasteiger partial charge in [0.15, 0.2) is 5.13 Å². The Labute approximate surface area is 124 Å². The van der Waals surface area contributed by atoms with Crippen molar-refractivity contribution in [1.29, 1.82) is 0 Å². The van der Waals surface area contributed by atoms with E-state index in [-0.39, 0.29) is 12.1 Å². The first-order valence-corrected chi connectivity index (χ1v) is 8.09. The van der Waals surface area contributed by atoms with Gasteiger partial charge >= 0.3 is 6.03 Å². The number of ether oxygens (including phenoxy) is 1. The fraction of sp³-hybridized carbons (Fsp3) is 0.714. The van der Waals surface area contributed by atoms with E-state index >= 15 is 0 Å². The summed E-state index contributed by atoms with van der Waals surface area (Å²) in [5.41, 5.74) is 1.01. The lowest BCUT2D eigenvalue weighted by molar-refractivity contribution is 0.0546. The summed E-state index contributed by atoms with van der Waals surface area (Å²) >= 11 is 1.46. The predicted molar refractivity (Wildman–Crippen MR) is 81.2 cm³/mol. The van der Waals surface area contributed by atoms with Gasteiger partial charge < -0.3 is 10.1 Å². The van der Waals surface area contributed by atoms with Crippen LogP contribution >= 0.6 is 11.3 Å². The van der Waals surface area contributed by atoms with Crippen LogP contribution in [0.5, 0.6) is 0 Å². The van der Waals surface area contributed by atoms with Crippen LogP contribution < -0.4 is 10.6 Å². The summed E-state index contributed by atoms with van der Waals surface area (Å²) in [7, 11) is 0. The van der Waals surface area contributed by atoms with Gasteiger partial charge in [0.1, 0.15) is 0 Å². The number of urea groups is 1. The van der Waals surface area contributed by atoms with E-state index in [0.717, 1.165) is 25.1 Å². The van der Waals surface area contributed by atoms with Crippen LogP contribution in [0.15, 0.2) is 5.38 Å². The van der Waals surface area contributed by atoms with Crippen LogP contribution in [0.2, 0.25) is 0 Å². The normalized spacial score (nSPS) is 22.2. The molecular weight excluding hydrogens is 274 g/mol. The minimum Gasteiger partial charge on any atom is -0.378 e. The molecule has 1 aromatic rings. The van der Waals surface area contributed by atoms with E-state index in [0.29, 0.717) is 23.5 Å². The number of carbonyl (C=O) groups is 1. The molecule has 1 fully saturated rings. The molecule has 2 N–H and O–H groups in total. The molecule has 2 rings (SSSR count). The Hall–Kier alpha value is -1.14. The maximum Gasteiger partial charge on any atom is 0.321 e. The zero-order valence-electron chi connectivity index (χ0n) is 12.3. The van der Waals surface area contributed by atoms with Crippen LogP contribution in [0.4, 0.5) is 9.93 Å². The summed E-state index contributed by atoms with van der Waals surface area (Å²) in [4.78, 5) is 16.2. The molecule has 2 amide bonds. The Balaban J connectivity index is 1.77. The van der Waals surface area contributed by atoms with Crippen molar-refractivity contribution in [3.05, 3.63) is 11.1 Å². The highest BCUT2D eigenvalue weighted by Crippen LogP contribution is 2.26. The lowest BCUT2D eigenvalue weighted by Crippen LogP contribution is -2.37. The van der Waals surface area contributed by atoms with E-state index in [2.05, 4.69) is 29.5 Å². The second-order valence-electron chi connectivity index (χ2n) is 5.46. The standard InChI is InChI=1S/C14H23N3O2S/c1-4-11-8-20-14(16-11)17-13(18)15-7-10-5-6-19-12(10)9(2)3/h8-10,12H,4-7H2,1-3H3,(H2,15,16,17,18)/t10-,12-/m1/s1. The van der Waals surface area contributed by atoms with Gasteiger partial charge in [-0.2, -0.15) is 0 Å². The molecule has 0 aromatic carbocycles. The number of nitrogens with zero attached hydrogens (tertiary/aromatic N) is 1. The highest BCUT2D eigenvalue weighted by Gasteiger charge is 2.30. The number of thiazole rings is 1. The lowest BCUT2D eigenvalue weighted by atomic mass is 9.93. The van der Waals surface area contributed by atoms with E-state index in [4.69, 9.17) is 4.74 Å². The minimum absolute atomic E-state index is 0.184. The maximum atomic E-state index is 11.8. The zero-order chi connectivity index (χ0) is 14.5. The van der Waals surface area contributed by atoms with Crippen molar-refractivity contribution in [2.45, 2.75) is 39.7 Å². The summed E-state index contributed by atoms with van der Waals surface area (Å²) in [5.74, 6) is 0.890. The first-order valence-electron chi connectivity index (χ1n) is 7.21. The minimum atomic E-state index is -0.184. The SMILES string of the molecule is CCc1csc(NC(=O)NC[C@H]2CCO[C@@H]2C(C)C)n1. The number of nitrogens with one attached hydrogen (secondary N) is 2. The van der Waals surface area contributed by atoms with Gasteiger partial charge in [0.05, 0.1) is 11.8 Å². The summed E-state index contributed by atoms with van der Waals surface area (Å²) in [6.07, 6.45) is 2.15. The third-order valence-electron chi connectivity index (χ3n) is 3.58. The van der Waals surface area contributed by atoms with Crippen molar-refractivity contribution < 1.29 is 9.53 Å². The molecule has 0 spiro atoms. The summed E-state index contributed by atoms with van der Waals surface area (Å²) in [6.45, 7) is 7.81. The fourth-order valence-electron chi connectivity index (χ4n) is 2.50. The fourth-order valence-corrected chi connectivity index (χ4v) is 3.29. The van der Waals surface area contributed by atoms with Gasteiger partial charge in [-0.3, -0.25) is 5.32 Å². The van der Waals surface area contributed by atoms with Crippen LogP contribution in [0, 0.1) is 11.8 Å². The van der Waals surface area contributed by atoms with Gasteiger partial charge in [-0.05, 0) is 18.8 Å². The second kappa shape index (κ2) is 7.04. The number of rotatable bonds is 5. The number of hydrogen-bond donors (Lipinski definition) is 2. The summed E-state index contributed by atoms with van der Waals surface area (Å²) in [5, 5.41) is 8.33. The van der Waals surface area contributed by atoms with Gasteiger partial charge in [-0.15, -0.1) is 11.3 Å². The van der Waals surface area contributed by atoms with Gasteiger partial charge in [0, 0.05) is 24.4 Å². The van der Waals surface area contributed by atoms with Crippen molar-refractivity contribution >= 4 is 22.5 Å². The molecule has 1 aliphatic rings. The second-order valence-corrected chi connectivity index (χ2v) is 6.32.